The topological polar surface area (TPSA) is 35.5 Å². The summed E-state index contributed by atoms with van der Waals surface area (Å²) >= 11 is 0. The average Bonchev–Trinajstić information content (AvgIpc) is 1.99. The Morgan fingerprint density at radius 1 is 1.36 bits per heavy atom. The van der Waals surface area contributed by atoms with E-state index in [0.29, 0.717) is 0 Å². The highest BCUT2D eigenvalue weighted by atomic mass is 16.8. The SMILES string of the molecule is CC12CCCC(C)(O1)C(=O)O2. The Labute approximate surface area is 65.7 Å². The second-order valence-corrected chi connectivity index (χ2v) is 3.71. The van der Waals surface area contributed by atoms with E-state index < -0.39 is 11.4 Å². The van der Waals surface area contributed by atoms with Gasteiger partial charge in [0.25, 0.3) is 0 Å². The molecule has 0 radical (unpaired) electrons. The molecule has 3 heteroatoms. The van der Waals surface area contributed by atoms with Crippen molar-refractivity contribution in [2.24, 2.45) is 0 Å². The first-order valence-corrected chi connectivity index (χ1v) is 3.98. The quantitative estimate of drug-likeness (QED) is 0.495. The van der Waals surface area contributed by atoms with Crippen LogP contribution in [0.3, 0.4) is 0 Å². The third-order valence-corrected chi connectivity index (χ3v) is 2.47. The van der Waals surface area contributed by atoms with Crippen LogP contribution in [0.2, 0.25) is 0 Å². The summed E-state index contributed by atoms with van der Waals surface area (Å²) in [6.07, 6.45) is 2.63. The number of rotatable bonds is 0. The van der Waals surface area contributed by atoms with Crippen molar-refractivity contribution < 1.29 is 14.3 Å². The van der Waals surface area contributed by atoms with Gasteiger partial charge in [0.05, 0.1) is 0 Å². The Morgan fingerprint density at radius 3 is 2.64 bits per heavy atom. The lowest BCUT2D eigenvalue weighted by molar-refractivity contribution is -0.196. The molecule has 0 aromatic heterocycles. The monoisotopic (exact) mass is 156 g/mol. The highest BCUT2D eigenvalue weighted by molar-refractivity contribution is 5.81. The number of ether oxygens (including phenoxy) is 2. The largest absolute Gasteiger partial charge is 0.431 e. The van der Waals surface area contributed by atoms with E-state index in [-0.39, 0.29) is 5.97 Å². The molecule has 62 valence electrons. The number of fused-ring (bicyclic) bond motifs is 2. The highest BCUT2D eigenvalue weighted by Crippen LogP contribution is 2.43. The zero-order chi connectivity index (χ0) is 8.11. The molecule has 2 aliphatic rings. The van der Waals surface area contributed by atoms with Crippen LogP contribution in [0.25, 0.3) is 0 Å². The third kappa shape index (κ3) is 0.872. The molecule has 0 aromatic rings. The number of hydrogen-bond donors (Lipinski definition) is 0. The Hall–Kier alpha value is -0.570. The molecule has 2 fully saturated rings. The summed E-state index contributed by atoms with van der Waals surface area (Å²) in [5.41, 5.74) is -0.646. The van der Waals surface area contributed by atoms with E-state index in [1.54, 1.807) is 6.92 Å². The van der Waals surface area contributed by atoms with Crippen molar-refractivity contribution in [1.82, 2.24) is 0 Å². The Morgan fingerprint density at radius 2 is 2.09 bits per heavy atom. The molecular weight excluding hydrogens is 144 g/mol. The molecule has 3 nitrogen and oxygen atoms in total. The molecule has 2 bridgehead atoms. The van der Waals surface area contributed by atoms with E-state index in [4.69, 9.17) is 9.47 Å². The summed E-state index contributed by atoms with van der Waals surface area (Å²) in [4.78, 5) is 11.2. The van der Waals surface area contributed by atoms with E-state index in [2.05, 4.69) is 0 Å². The summed E-state index contributed by atoms with van der Waals surface area (Å²) < 4.78 is 10.6. The van der Waals surface area contributed by atoms with Crippen molar-refractivity contribution in [1.29, 1.82) is 0 Å². The van der Waals surface area contributed by atoms with Crippen LogP contribution < -0.4 is 0 Å². The lowest BCUT2D eigenvalue weighted by Crippen LogP contribution is -2.38. The van der Waals surface area contributed by atoms with E-state index in [9.17, 15) is 4.79 Å². The van der Waals surface area contributed by atoms with Gasteiger partial charge in [-0.15, -0.1) is 0 Å². The van der Waals surface area contributed by atoms with Crippen LogP contribution in [0.4, 0.5) is 0 Å². The van der Waals surface area contributed by atoms with Crippen LogP contribution in [0.5, 0.6) is 0 Å². The first-order chi connectivity index (χ1) is 5.04. The molecule has 2 unspecified atom stereocenters. The lowest BCUT2D eigenvalue weighted by Gasteiger charge is -2.30. The van der Waals surface area contributed by atoms with E-state index in [1.807, 2.05) is 6.92 Å². The summed E-state index contributed by atoms with van der Waals surface area (Å²) in [7, 11) is 0. The van der Waals surface area contributed by atoms with E-state index in [0.717, 1.165) is 19.3 Å². The standard InChI is InChI=1S/C8H12O3/c1-7-4-3-5-8(2,11-7)10-6(7)9/h3-5H2,1-2H3. The number of esters is 1. The molecule has 2 rings (SSSR count). The van der Waals surface area contributed by atoms with Gasteiger partial charge >= 0.3 is 5.97 Å². The minimum absolute atomic E-state index is 0.197. The minimum atomic E-state index is -0.646. The van der Waals surface area contributed by atoms with Gasteiger partial charge in [0.1, 0.15) is 0 Å². The minimum Gasteiger partial charge on any atom is -0.431 e. The molecule has 0 spiro atoms. The van der Waals surface area contributed by atoms with Gasteiger partial charge in [-0.25, -0.2) is 4.79 Å². The Balaban J connectivity index is 2.33. The fraction of sp³-hybridized carbons (Fsp3) is 0.875. The second kappa shape index (κ2) is 1.78. The van der Waals surface area contributed by atoms with Crippen LogP contribution in [0, 0.1) is 0 Å². The maximum absolute atomic E-state index is 11.2. The Kier molecular flexibility index (Phi) is 1.15. The van der Waals surface area contributed by atoms with Crippen LogP contribution in [0.1, 0.15) is 33.1 Å². The highest BCUT2D eigenvalue weighted by Gasteiger charge is 2.55. The van der Waals surface area contributed by atoms with Crippen molar-refractivity contribution in [3.05, 3.63) is 0 Å². The van der Waals surface area contributed by atoms with Gasteiger partial charge in [-0.3, -0.25) is 0 Å². The fourth-order valence-electron chi connectivity index (χ4n) is 1.85. The van der Waals surface area contributed by atoms with Crippen LogP contribution >= 0.6 is 0 Å². The summed E-state index contributed by atoms with van der Waals surface area (Å²) in [6, 6.07) is 0. The summed E-state index contributed by atoms with van der Waals surface area (Å²) in [6.45, 7) is 3.63. The van der Waals surface area contributed by atoms with Crippen LogP contribution in [-0.4, -0.2) is 17.4 Å². The van der Waals surface area contributed by atoms with Crippen molar-refractivity contribution in [3.8, 4) is 0 Å². The number of carbonyl (C=O) groups is 1. The van der Waals surface area contributed by atoms with Gasteiger partial charge < -0.3 is 9.47 Å². The summed E-state index contributed by atoms with van der Waals surface area (Å²) in [5.74, 6) is -0.818. The molecular formula is C8H12O3. The van der Waals surface area contributed by atoms with Crippen molar-refractivity contribution in [2.75, 3.05) is 0 Å². The van der Waals surface area contributed by atoms with Crippen molar-refractivity contribution in [3.63, 3.8) is 0 Å². The van der Waals surface area contributed by atoms with Crippen molar-refractivity contribution >= 4 is 5.97 Å². The zero-order valence-corrected chi connectivity index (χ0v) is 6.85. The first-order valence-electron chi connectivity index (χ1n) is 3.98. The van der Waals surface area contributed by atoms with Gasteiger partial charge in [-0.2, -0.15) is 0 Å². The predicted octanol–water partition coefficient (Wildman–Crippen LogP) is 1.22. The molecule has 0 saturated carbocycles. The molecule has 2 aliphatic heterocycles. The molecule has 0 aromatic carbocycles. The lowest BCUT2D eigenvalue weighted by atomic mass is 9.95. The van der Waals surface area contributed by atoms with Crippen molar-refractivity contribution in [2.45, 2.75) is 44.5 Å². The van der Waals surface area contributed by atoms with Gasteiger partial charge in [-0.1, -0.05) is 0 Å². The summed E-state index contributed by atoms with van der Waals surface area (Å²) in [5, 5.41) is 0. The molecule has 2 heterocycles. The molecule has 0 amide bonds. The molecule has 2 saturated heterocycles. The third-order valence-electron chi connectivity index (χ3n) is 2.47. The van der Waals surface area contributed by atoms with Gasteiger partial charge in [-0.05, 0) is 19.8 Å². The number of carbonyl (C=O) groups excluding carboxylic acids is 1. The van der Waals surface area contributed by atoms with Crippen LogP contribution in [0.15, 0.2) is 0 Å². The zero-order valence-electron chi connectivity index (χ0n) is 6.85. The molecule has 2 atom stereocenters. The number of hydrogen-bond acceptors (Lipinski definition) is 3. The van der Waals surface area contributed by atoms with Gasteiger partial charge in [0.2, 0.25) is 5.79 Å². The normalized spacial score (nSPS) is 49.1. The average molecular weight is 156 g/mol. The Bertz CT molecular complexity index is 213. The van der Waals surface area contributed by atoms with E-state index >= 15 is 0 Å². The smallest absolute Gasteiger partial charge is 0.340 e. The molecule has 11 heavy (non-hydrogen) atoms. The van der Waals surface area contributed by atoms with Gasteiger partial charge in [0, 0.05) is 13.3 Å². The predicted molar refractivity (Wildman–Crippen MR) is 37.8 cm³/mol. The maximum Gasteiger partial charge on any atom is 0.340 e. The molecule has 0 aliphatic carbocycles. The van der Waals surface area contributed by atoms with Gasteiger partial charge in [0.15, 0.2) is 5.60 Å². The van der Waals surface area contributed by atoms with E-state index in [1.165, 1.54) is 0 Å². The van der Waals surface area contributed by atoms with Crippen LogP contribution in [-0.2, 0) is 14.3 Å². The maximum atomic E-state index is 11.2. The first kappa shape index (κ1) is 7.10. The molecule has 0 N–H and O–H groups in total. The second-order valence-electron chi connectivity index (χ2n) is 3.71. The fourth-order valence-corrected chi connectivity index (χ4v) is 1.85.